The highest BCUT2D eigenvalue weighted by Crippen LogP contribution is 2.12. The number of hydrogen-bond donors (Lipinski definition) is 1. The summed E-state index contributed by atoms with van der Waals surface area (Å²) >= 11 is 0. The normalized spacial score (nSPS) is 10.9. The number of rotatable bonds is 7. The second-order valence-corrected chi connectivity index (χ2v) is 3.91. The van der Waals surface area contributed by atoms with Gasteiger partial charge in [-0.05, 0) is 40.3 Å². The summed E-state index contributed by atoms with van der Waals surface area (Å²) in [6, 6.07) is 0.395. The summed E-state index contributed by atoms with van der Waals surface area (Å²) in [4.78, 5) is 0. The van der Waals surface area contributed by atoms with Gasteiger partial charge in [-0.25, -0.2) is 0 Å². The summed E-state index contributed by atoms with van der Waals surface area (Å²) in [7, 11) is 1.97. The van der Waals surface area contributed by atoms with E-state index < -0.39 is 0 Å². The average molecular weight is 211 g/mol. The molecule has 0 bridgehead atoms. The minimum Gasteiger partial charge on any atom is -0.490 e. The first-order valence-electron chi connectivity index (χ1n) is 5.55. The van der Waals surface area contributed by atoms with Gasteiger partial charge >= 0.3 is 0 Å². The Balaban J connectivity index is 2.20. The van der Waals surface area contributed by atoms with E-state index in [1.165, 1.54) is 0 Å². The van der Waals surface area contributed by atoms with Gasteiger partial charge in [-0.15, -0.1) is 0 Å². The largest absolute Gasteiger partial charge is 0.490 e. The van der Waals surface area contributed by atoms with Crippen LogP contribution in [0.5, 0.6) is 5.75 Å². The van der Waals surface area contributed by atoms with Gasteiger partial charge in [0, 0.05) is 6.04 Å². The molecule has 15 heavy (non-hydrogen) atoms. The van der Waals surface area contributed by atoms with E-state index in [0.29, 0.717) is 6.04 Å². The Hall–Kier alpha value is -1.03. The Morgan fingerprint density at radius 1 is 1.47 bits per heavy atom. The summed E-state index contributed by atoms with van der Waals surface area (Å²) in [5.74, 6) is 0.869. The summed E-state index contributed by atoms with van der Waals surface area (Å²) in [6.45, 7) is 6.02. The second-order valence-electron chi connectivity index (χ2n) is 3.91. The van der Waals surface area contributed by atoms with Gasteiger partial charge in [0.15, 0.2) is 5.75 Å². The monoisotopic (exact) mass is 211 g/mol. The zero-order valence-corrected chi connectivity index (χ0v) is 9.86. The van der Waals surface area contributed by atoms with Crippen LogP contribution in [0.15, 0.2) is 12.4 Å². The van der Waals surface area contributed by atoms with E-state index in [1.54, 1.807) is 6.20 Å². The van der Waals surface area contributed by atoms with E-state index in [0.717, 1.165) is 31.7 Å². The maximum atomic E-state index is 5.57. The summed E-state index contributed by atoms with van der Waals surface area (Å²) in [5, 5.41) is 7.32. The van der Waals surface area contributed by atoms with Gasteiger partial charge in [0.2, 0.25) is 0 Å². The highest BCUT2D eigenvalue weighted by Gasteiger charge is 2.01. The van der Waals surface area contributed by atoms with E-state index in [9.17, 15) is 0 Å². The van der Waals surface area contributed by atoms with Crippen LogP contribution in [0, 0.1) is 0 Å². The van der Waals surface area contributed by atoms with Crippen LogP contribution >= 0.6 is 0 Å². The molecule has 4 nitrogen and oxygen atoms in total. The molecule has 0 amide bonds. The number of unbranched alkanes of at least 4 members (excludes halogenated alkanes) is 1. The quantitative estimate of drug-likeness (QED) is 0.699. The molecule has 86 valence electrons. The van der Waals surface area contributed by atoms with E-state index in [4.69, 9.17) is 4.74 Å². The molecule has 0 radical (unpaired) electrons. The predicted molar refractivity (Wildman–Crippen MR) is 61.3 cm³/mol. The molecule has 0 aliphatic carbocycles. The highest BCUT2D eigenvalue weighted by molar-refractivity contribution is 5.11. The molecule has 1 N–H and O–H groups in total. The van der Waals surface area contributed by atoms with Gasteiger partial charge in [-0.3, -0.25) is 4.68 Å². The lowest BCUT2D eigenvalue weighted by atomic mass is 10.3. The SMILES string of the molecule is CNCCCCOc1cnn(C(C)C)c1. The molecular weight excluding hydrogens is 190 g/mol. The molecule has 0 unspecified atom stereocenters. The smallest absolute Gasteiger partial charge is 0.157 e. The fourth-order valence-electron chi connectivity index (χ4n) is 1.27. The molecule has 0 saturated carbocycles. The Bertz CT molecular complexity index is 271. The standard InChI is InChI=1S/C11H21N3O/c1-10(2)14-9-11(8-13-14)15-7-5-4-6-12-3/h8-10,12H,4-7H2,1-3H3. The molecule has 1 aromatic heterocycles. The fraction of sp³-hybridized carbons (Fsp3) is 0.727. The summed E-state index contributed by atoms with van der Waals surface area (Å²) in [5.41, 5.74) is 0. The van der Waals surface area contributed by atoms with Crippen molar-refractivity contribution < 1.29 is 4.74 Å². The van der Waals surface area contributed by atoms with Crippen molar-refractivity contribution in [3.05, 3.63) is 12.4 Å². The van der Waals surface area contributed by atoms with Crippen LogP contribution in [0.2, 0.25) is 0 Å². The third kappa shape index (κ3) is 4.34. The molecule has 0 aromatic carbocycles. The molecule has 1 heterocycles. The Labute approximate surface area is 91.6 Å². The fourth-order valence-corrected chi connectivity index (χ4v) is 1.27. The first kappa shape index (κ1) is 12.0. The second kappa shape index (κ2) is 6.45. The molecule has 1 rings (SSSR count). The topological polar surface area (TPSA) is 39.1 Å². The van der Waals surface area contributed by atoms with Gasteiger partial charge in [0.25, 0.3) is 0 Å². The number of hydrogen-bond acceptors (Lipinski definition) is 3. The van der Waals surface area contributed by atoms with Crippen LogP contribution in [0.3, 0.4) is 0 Å². The Morgan fingerprint density at radius 3 is 2.87 bits per heavy atom. The Kier molecular flexibility index (Phi) is 5.18. The van der Waals surface area contributed by atoms with Crippen LogP contribution in [-0.2, 0) is 0 Å². The van der Waals surface area contributed by atoms with Crippen molar-refractivity contribution in [2.45, 2.75) is 32.7 Å². The van der Waals surface area contributed by atoms with E-state index in [1.807, 2.05) is 17.9 Å². The molecule has 1 aromatic rings. The molecule has 0 spiro atoms. The summed E-state index contributed by atoms with van der Waals surface area (Å²) < 4.78 is 7.48. The molecule has 0 aliphatic rings. The van der Waals surface area contributed by atoms with Crippen LogP contribution in [0.1, 0.15) is 32.7 Å². The number of nitrogens with zero attached hydrogens (tertiary/aromatic N) is 2. The maximum absolute atomic E-state index is 5.57. The average Bonchev–Trinajstić information content (AvgIpc) is 2.66. The molecule has 4 heteroatoms. The van der Waals surface area contributed by atoms with Crippen molar-refractivity contribution in [3.8, 4) is 5.75 Å². The van der Waals surface area contributed by atoms with Gasteiger partial charge in [-0.2, -0.15) is 5.10 Å². The third-order valence-corrected chi connectivity index (χ3v) is 2.20. The molecule has 0 fully saturated rings. The minimum absolute atomic E-state index is 0.395. The van der Waals surface area contributed by atoms with Gasteiger partial charge < -0.3 is 10.1 Å². The zero-order chi connectivity index (χ0) is 11.1. The minimum atomic E-state index is 0.395. The number of nitrogens with one attached hydrogen (secondary N) is 1. The predicted octanol–water partition coefficient (Wildman–Crippen LogP) is 1.84. The lowest BCUT2D eigenvalue weighted by Crippen LogP contribution is -2.09. The Morgan fingerprint density at radius 2 is 2.27 bits per heavy atom. The number of ether oxygens (including phenoxy) is 1. The van der Waals surface area contributed by atoms with Crippen molar-refractivity contribution in [1.29, 1.82) is 0 Å². The van der Waals surface area contributed by atoms with Gasteiger partial charge in [0.05, 0.1) is 19.0 Å². The van der Waals surface area contributed by atoms with Crippen molar-refractivity contribution in [2.24, 2.45) is 0 Å². The molecular formula is C11H21N3O. The molecule has 0 atom stereocenters. The highest BCUT2D eigenvalue weighted by atomic mass is 16.5. The van der Waals surface area contributed by atoms with Crippen LogP contribution < -0.4 is 10.1 Å². The molecule has 0 saturated heterocycles. The van der Waals surface area contributed by atoms with Crippen molar-refractivity contribution >= 4 is 0 Å². The van der Waals surface area contributed by atoms with Crippen LogP contribution in [-0.4, -0.2) is 30.0 Å². The van der Waals surface area contributed by atoms with E-state index in [2.05, 4.69) is 24.3 Å². The maximum Gasteiger partial charge on any atom is 0.157 e. The summed E-state index contributed by atoms with van der Waals surface area (Å²) in [6.07, 6.45) is 5.95. The lowest BCUT2D eigenvalue weighted by Gasteiger charge is -2.04. The number of aromatic nitrogens is 2. The molecule has 0 aliphatic heterocycles. The van der Waals surface area contributed by atoms with Crippen molar-refractivity contribution in [2.75, 3.05) is 20.2 Å². The van der Waals surface area contributed by atoms with Gasteiger partial charge in [0.1, 0.15) is 0 Å². The van der Waals surface area contributed by atoms with Crippen molar-refractivity contribution in [3.63, 3.8) is 0 Å². The zero-order valence-electron chi connectivity index (χ0n) is 9.86. The third-order valence-electron chi connectivity index (χ3n) is 2.20. The van der Waals surface area contributed by atoms with E-state index >= 15 is 0 Å². The van der Waals surface area contributed by atoms with Crippen LogP contribution in [0.4, 0.5) is 0 Å². The van der Waals surface area contributed by atoms with Crippen LogP contribution in [0.25, 0.3) is 0 Å². The van der Waals surface area contributed by atoms with Crippen molar-refractivity contribution in [1.82, 2.24) is 15.1 Å². The van der Waals surface area contributed by atoms with Gasteiger partial charge in [-0.1, -0.05) is 0 Å². The first-order valence-corrected chi connectivity index (χ1v) is 5.55. The van der Waals surface area contributed by atoms with E-state index in [-0.39, 0.29) is 0 Å². The first-order chi connectivity index (χ1) is 7.24. The lowest BCUT2D eigenvalue weighted by molar-refractivity contribution is 0.305.